The third-order valence-electron chi connectivity index (χ3n) is 1.69. The zero-order valence-electron chi connectivity index (χ0n) is 6.88. The van der Waals surface area contributed by atoms with Gasteiger partial charge in [0.25, 0.3) is 0 Å². The first-order valence-electron chi connectivity index (χ1n) is 3.95. The molecule has 0 aliphatic carbocycles. The summed E-state index contributed by atoms with van der Waals surface area (Å²) in [6.45, 7) is 0.0306. The van der Waals surface area contributed by atoms with E-state index in [1.807, 2.05) is 0 Å². The van der Waals surface area contributed by atoms with Crippen LogP contribution in [0.1, 0.15) is 5.82 Å². The van der Waals surface area contributed by atoms with Gasteiger partial charge in [-0.05, 0) is 12.1 Å². The summed E-state index contributed by atoms with van der Waals surface area (Å²) >= 11 is 0. The molecule has 0 spiro atoms. The van der Waals surface area contributed by atoms with Gasteiger partial charge < -0.3 is 10.2 Å². The minimum absolute atomic E-state index is 0.0306. The maximum Gasteiger partial charge on any atom is 0.155 e. The maximum absolute atomic E-state index is 9.13. The number of hydrogen-bond acceptors (Lipinski definition) is 4. The molecule has 2 rings (SSSR count). The molecule has 0 amide bonds. The number of nitrogens with zero attached hydrogens (tertiary/aromatic N) is 3. The number of pyridine rings is 1. The summed E-state index contributed by atoms with van der Waals surface area (Å²) in [5.74, 6) is 0.723. The maximum atomic E-state index is 9.13. The van der Waals surface area contributed by atoms with E-state index in [4.69, 9.17) is 10.2 Å². The van der Waals surface area contributed by atoms with Gasteiger partial charge in [-0.3, -0.25) is 0 Å². The van der Waals surface area contributed by atoms with Crippen molar-refractivity contribution in [2.45, 2.75) is 6.42 Å². The molecule has 0 aliphatic rings. The van der Waals surface area contributed by atoms with Crippen molar-refractivity contribution in [3.8, 4) is 5.75 Å². The average molecular weight is 179 g/mol. The Balaban J connectivity index is 2.49. The van der Waals surface area contributed by atoms with Gasteiger partial charge in [-0.25, -0.2) is 9.50 Å². The van der Waals surface area contributed by atoms with Gasteiger partial charge in [0.2, 0.25) is 0 Å². The van der Waals surface area contributed by atoms with Gasteiger partial charge in [0, 0.05) is 6.42 Å². The molecule has 0 atom stereocenters. The summed E-state index contributed by atoms with van der Waals surface area (Å²) in [5, 5.41) is 21.8. The Labute approximate surface area is 74.3 Å². The number of aliphatic hydroxyl groups excluding tert-OH is 1. The molecule has 68 valence electrons. The molecule has 0 fully saturated rings. The van der Waals surface area contributed by atoms with Crippen molar-refractivity contribution in [2.75, 3.05) is 6.61 Å². The zero-order valence-corrected chi connectivity index (χ0v) is 6.88. The van der Waals surface area contributed by atoms with Crippen LogP contribution in [0.4, 0.5) is 0 Å². The van der Waals surface area contributed by atoms with E-state index in [-0.39, 0.29) is 12.4 Å². The summed E-state index contributed by atoms with van der Waals surface area (Å²) in [7, 11) is 0. The van der Waals surface area contributed by atoms with E-state index in [1.54, 1.807) is 12.1 Å². The van der Waals surface area contributed by atoms with Crippen LogP contribution in [0.3, 0.4) is 0 Å². The fraction of sp³-hybridized carbons (Fsp3) is 0.250. The Bertz CT molecular complexity index is 424. The average Bonchev–Trinajstić information content (AvgIpc) is 2.46. The zero-order chi connectivity index (χ0) is 9.26. The highest BCUT2D eigenvalue weighted by Gasteiger charge is 2.02. The second kappa shape index (κ2) is 3.02. The van der Waals surface area contributed by atoms with Crippen molar-refractivity contribution in [3.05, 3.63) is 24.2 Å². The first-order valence-corrected chi connectivity index (χ1v) is 3.95. The monoisotopic (exact) mass is 179 g/mol. The standard InChI is InChI=1S/C8H9N3O2/c12-4-3-7-9-8-2-1-6(13)5-11(8)10-7/h1-2,5,12-13H,3-4H2. The summed E-state index contributed by atoms with van der Waals surface area (Å²) in [6.07, 6.45) is 1.91. The number of aromatic hydroxyl groups is 1. The van der Waals surface area contributed by atoms with Gasteiger partial charge in [-0.15, -0.1) is 0 Å². The SMILES string of the molecule is OCCc1nc2ccc(O)cn2n1. The van der Waals surface area contributed by atoms with E-state index in [9.17, 15) is 0 Å². The van der Waals surface area contributed by atoms with E-state index < -0.39 is 0 Å². The molecule has 2 aromatic heterocycles. The van der Waals surface area contributed by atoms with E-state index in [1.165, 1.54) is 10.7 Å². The minimum atomic E-state index is 0.0306. The molecule has 5 heteroatoms. The van der Waals surface area contributed by atoms with Crippen LogP contribution in [-0.4, -0.2) is 31.4 Å². The lowest BCUT2D eigenvalue weighted by Gasteiger charge is -1.90. The van der Waals surface area contributed by atoms with Gasteiger partial charge in [0.15, 0.2) is 11.5 Å². The number of aliphatic hydroxyl groups is 1. The first-order chi connectivity index (χ1) is 6.29. The number of aromatic nitrogens is 3. The number of rotatable bonds is 2. The second-order valence-electron chi connectivity index (χ2n) is 2.69. The van der Waals surface area contributed by atoms with Crippen LogP contribution in [0.25, 0.3) is 5.65 Å². The van der Waals surface area contributed by atoms with Crippen molar-refractivity contribution in [1.29, 1.82) is 0 Å². The summed E-state index contributed by atoms with van der Waals surface area (Å²) in [6, 6.07) is 3.22. The normalized spacial score (nSPS) is 10.8. The lowest BCUT2D eigenvalue weighted by atomic mass is 10.4. The fourth-order valence-electron chi connectivity index (χ4n) is 1.12. The van der Waals surface area contributed by atoms with Crippen LogP contribution in [-0.2, 0) is 6.42 Å². The van der Waals surface area contributed by atoms with Gasteiger partial charge in [-0.2, -0.15) is 5.10 Å². The Morgan fingerprint density at radius 3 is 3.00 bits per heavy atom. The molecular weight excluding hydrogens is 170 g/mol. The van der Waals surface area contributed by atoms with Crippen molar-refractivity contribution in [1.82, 2.24) is 14.6 Å². The van der Waals surface area contributed by atoms with E-state index in [0.717, 1.165) is 0 Å². The van der Waals surface area contributed by atoms with Gasteiger partial charge in [0.1, 0.15) is 5.75 Å². The van der Waals surface area contributed by atoms with Crippen LogP contribution in [0.15, 0.2) is 18.3 Å². The van der Waals surface area contributed by atoms with Crippen molar-refractivity contribution in [2.24, 2.45) is 0 Å². The topological polar surface area (TPSA) is 70.7 Å². The Morgan fingerprint density at radius 1 is 1.38 bits per heavy atom. The van der Waals surface area contributed by atoms with Crippen molar-refractivity contribution < 1.29 is 10.2 Å². The molecule has 2 heterocycles. The number of fused-ring (bicyclic) bond motifs is 1. The molecule has 2 N–H and O–H groups in total. The van der Waals surface area contributed by atoms with Crippen LogP contribution >= 0.6 is 0 Å². The second-order valence-corrected chi connectivity index (χ2v) is 2.69. The molecular formula is C8H9N3O2. The highest BCUT2D eigenvalue weighted by molar-refractivity contribution is 5.40. The molecule has 0 aromatic carbocycles. The molecule has 0 aliphatic heterocycles. The van der Waals surface area contributed by atoms with Crippen molar-refractivity contribution in [3.63, 3.8) is 0 Å². The largest absolute Gasteiger partial charge is 0.506 e. The quantitative estimate of drug-likeness (QED) is 0.679. The number of hydrogen-bond donors (Lipinski definition) is 2. The van der Waals surface area contributed by atoms with Crippen LogP contribution in [0.2, 0.25) is 0 Å². The van der Waals surface area contributed by atoms with E-state index >= 15 is 0 Å². The summed E-state index contributed by atoms with van der Waals surface area (Å²) < 4.78 is 1.49. The van der Waals surface area contributed by atoms with Crippen LogP contribution in [0, 0.1) is 0 Å². The van der Waals surface area contributed by atoms with E-state index in [2.05, 4.69) is 10.1 Å². The third-order valence-corrected chi connectivity index (χ3v) is 1.69. The van der Waals surface area contributed by atoms with Crippen molar-refractivity contribution >= 4 is 5.65 Å². The van der Waals surface area contributed by atoms with Crippen LogP contribution < -0.4 is 0 Å². The molecule has 0 unspecified atom stereocenters. The fourth-order valence-corrected chi connectivity index (χ4v) is 1.12. The molecule has 0 radical (unpaired) electrons. The molecule has 13 heavy (non-hydrogen) atoms. The highest BCUT2D eigenvalue weighted by atomic mass is 16.3. The highest BCUT2D eigenvalue weighted by Crippen LogP contribution is 2.09. The third kappa shape index (κ3) is 1.46. The summed E-state index contributed by atoms with van der Waals surface area (Å²) in [5.41, 5.74) is 0.668. The lowest BCUT2D eigenvalue weighted by Crippen LogP contribution is -1.93. The molecule has 0 saturated carbocycles. The smallest absolute Gasteiger partial charge is 0.155 e. The predicted octanol–water partition coefficient (Wildman–Crippen LogP) is -0.0303. The van der Waals surface area contributed by atoms with Gasteiger partial charge in [-0.1, -0.05) is 0 Å². The predicted molar refractivity (Wildman–Crippen MR) is 45.4 cm³/mol. The Hall–Kier alpha value is -1.62. The lowest BCUT2D eigenvalue weighted by molar-refractivity contribution is 0.296. The Morgan fingerprint density at radius 2 is 2.23 bits per heavy atom. The molecule has 2 aromatic rings. The van der Waals surface area contributed by atoms with Gasteiger partial charge >= 0.3 is 0 Å². The van der Waals surface area contributed by atoms with E-state index in [0.29, 0.717) is 17.9 Å². The van der Waals surface area contributed by atoms with Crippen LogP contribution in [0.5, 0.6) is 5.75 Å². The molecule has 5 nitrogen and oxygen atoms in total. The Kier molecular flexibility index (Phi) is 1.86. The first kappa shape index (κ1) is 8.00. The molecule has 0 saturated heterocycles. The molecule has 0 bridgehead atoms. The van der Waals surface area contributed by atoms with Gasteiger partial charge in [0.05, 0.1) is 12.8 Å². The minimum Gasteiger partial charge on any atom is -0.506 e. The summed E-state index contributed by atoms with van der Waals surface area (Å²) in [4.78, 5) is 4.12.